The molecule has 0 saturated carbocycles. The van der Waals surface area contributed by atoms with Gasteiger partial charge in [0.25, 0.3) is 0 Å². The molecule has 3 rings (SSSR count). The van der Waals surface area contributed by atoms with Crippen LogP contribution < -0.4 is 4.74 Å². The van der Waals surface area contributed by atoms with Gasteiger partial charge in [0.2, 0.25) is 0 Å². The van der Waals surface area contributed by atoms with Crippen molar-refractivity contribution < 1.29 is 14.2 Å². The zero-order valence-electron chi connectivity index (χ0n) is 11.9. The van der Waals surface area contributed by atoms with Crippen LogP contribution in [0.25, 0.3) is 16.9 Å². The van der Waals surface area contributed by atoms with Crippen molar-refractivity contribution in [2.45, 2.75) is 6.61 Å². The summed E-state index contributed by atoms with van der Waals surface area (Å²) >= 11 is 0. The van der Waals surface area contributed by atoms with Crippen LogP contribution in [0.1, 0.15) is 5.69 Å². The van der Waals surface area contributed by atoms with Crippen molar-refractivity contribution >= 4 is 0 Å². The molecule has 1 heterocycles. The summed E-state index contributed by atoms with van der Waals surface area (Å²) in [6.45, 7) is -0.304. The maximum atomic E-state index is 14.1. The number of aromatic nitrogens is 3. The molecular weight excluding hydrogens is 285 g/mol. The second kappa shape index (κ2) is 5.95. The third-order valence-electron chi connectivity index (χ3n) is 3.33. The number of para-hydroxylation sites is 2. The number of ether oxygens (including phenoxy) is 1. The van der Waals surface area contributed by atoms with E-state index in [-0.39, 0.29) is 12.3 Å². The molecule has 0 spiro atoms. The zero-order valence-corrected chi connectivity index (χ0v) is 11.9. The van der Waals surface area contributed by atoms with Crippen molar-refractivity contribution in [3.05, 3.63) is 60.0 Å². The van der Waals surface area contributed by atoms with Gasteiger partial charge in [-0.1, -0.05) is 29.5 Å². The molecule has 0 atom stereocenters. The van der Waals surface area contributed by atoms with Gasteiger partial charge in [0, 0.05) is 5.56 Å². The van der Waals surface area contributed by atoms with E-state index in [4.69, 9.17) is 4.74 Å². The van der Waals surface area contributed by atoms with Crippen molar-refractivity contribution in [1.82, 2.24) is 15.0 Å². The molecule has 0 bridgehead atoms. The lowest BCUT2D eigenvalue weighted by molar-refractivity contribution is 0.277. The Morgan fingerprint density at radius 3 is 2.59 bits per heavy atom. The summed E-state index contributed by atoms with van der Waals surface area (Å²) in [5.74, 6) is 0.171. The summed E-state index contributed by atoms with van der Waals surface area (Å²) in [6.07, 6.45) is 0. The highest BCUT2D eigenvalue weighted by molar-refractivity contribution is 5.70. The summed E-state index contributed by atoms with van der Waals surface area (Å²) in [4.78, 5) is 0. The third-order valence-corrected chi connectivity index (χ3v) is 3.33. The number of halogens is 1. The number of benzene rings is 2. The van der Waals surface area contributed by atoms with Gasteiger partial charge in [-0.05, 0) is 24.3 Å². The largest absolute Gasteiger partial charge is 0.496 e. The Hall–Kier alpha value is -2.73. The molecule has 1 N–H and O–H groups in total. The minimum atomic E-state index is -0.423. The van der Waals surface area contributed by atoms with Gasteiger partial charge in [0.15, 0.2) is 0 Å². The Morgan fingerprint density at radius 2 is 1.86 bits per heavy atom. The quantitative estimate of drug-likeness (QED) is 0.804. The van der Waals surface area contributed by atoms with Gasteiger partial charge in [-0.15, -0.1) is 5.10 Å². The molecule has 112 valence electrons. The van der Waals surface area contributed by atoms with Gasteiger partial charge in [-0.25, -0.2) is 9.07 Å². The van der Waals surface area contributed by atoms with Crippen LogP contribution in [0.15, 0.2) is 48.5 Å². The number of aliphatic hydroxyl groups is 1. The Balaban J connectivity index is 2.27. The molecule has 0 aliphatic rings. The highest BCUT2D eigenvalue weighted by Gasteiger charge is 2.20. The average molecular weight is 299 g/mol. The summed E-state index contributed by atoms with van der Waals surface area (Å²) < 4.78 is 20.8. The van der Waals surface area contributed by atoms with Crippen molar-refractivity contribution in [1.29, 1.82) is 0 Å². The lowest BCUT2D eigenvalue weighted by Gasteiger charge is -2.11. The molecule has 0 fully saturated rings. The van der Waals surface area contributed by atoms with E-state index in [0.717, 1.165) is 0 Å². The van der Waals surface area contributed by atoms with Crippen LogP contribution in [0.2, 0.25) is 0 Å². The first-order valence-corrected chi connectivity index (χ1v) is 6.70. The fraction of sp³-hybridized carbons (Fsp3) is 0.125. The zero-order chi connectivity index (χ0) is 15.5. The number of aliphatic hydroxyl groups excluding tert-OH is 1. The standard InChI is InChI=1S/C16H14FN3O2/c1-22-15-9-5-2-6-11(15)16-13(10-21)18-19-20(16)14-8-4-3-7-12(14)17/h2-9,21H,10H2,1H3. The van der Waals surface area contributed by atoms with Gasteiger partial charge < -0.3 is 9.84 Å². The first-order chi connectivity index (χ1) is 10.8. The normalized spacial score (nSPS) is 10.7. The van der Waals surface area contributed by atoms with Crippen LogP contribution >= 0.6 is 0 Å². The van der Waals surface area contributed by atoms with Crippen LogP contribution in [0.5, 0.6) is 5.75 Å². The smallest absolute Gasteiger partial charge is 0.148 e. The Morgan fingerprint density at radius 1 is 1.14 bits per heavy atom. The van der Waals surface area contributed by atoms with E-state index in [1.54, 1.807) is 31.4 Å². The molecule has 3 aromatic rings. The van der Waals surface area contributed by atoms with Crippen LogP contribution in [0.3, 0.4) is 0 Å². The van der Waals surface area contributed by atoms with Crippen molar-refractivity contribution in [3.8, 4) is 22.7 Å². The number of methoxy groups -OCH3 is 1. The predicted octanol–water partition coefficient (Wildman–Crippen LogP) is 2.57. The first-order valence-electron chi connectivity index (χ1n) is 6.70. The maximum absolute atomic E-state index is 14.1. The molecule has 0 aliphatic carbocycles. The Labute approximate surface area is 126 Å². The highest BCUT2D eigenvalue weighted by Crippen LogP contribution is 2.33. The Bertz CT molecular complexity index is 802. The number of hydrogen-bond acceptors (Lipinski definition) is 4. The van der Waals surface area contributed by atoms with E-state index >= 15 is 0 Å². The fourth-order valence-electron chi connectivity index (χ4n) is 2.32. The number of nitrogens with zero attached hydrogens (tertiary/aromatic N) is 3. The van der Waals surface area contributed by atoms with Crippen LogP contribution in [0.4, 0.5) is 4.39 Å². The van der Waals surface area contributed by atoms with E-state index in [2.05, 4.69) is 10.3 Å². The topological polar surface area (TPSA) is 60.2 Å². The second-order valence-corrected chi connectivity index (χ2v) is 4.61. The number of rotatable bonds is 4. The molecule has 0 radical (unpaired) electrons. The van der Waals surface area contributed by atoms with Crippen molar-refractivity contribution in [2.24, 2.45) is 0 Å². The third kappa shape index (κ3) is 2.33. The summed E-state index contributed by atoms with van der Waals surface area (Å²) in [7, 11) is 1.55. The molecule has 0 aliphatic heterocycles. The molecule has 5 nitrogen and oxygen atoms in total. The molecule has 22 heavy (non-hydrogen) atoms. The minimum Gasteiger partial charge on any atom is -0.496 e. The maximum Gasteiger partial charge on any atom is 0.148 e. The van der Waals surface area contributed by atoms with Crippen LogP contribution in [-0.2, 0) is 6.61 Å². The summed E-state index contributed by atoms with van der Waals surface area (Å²) in [5.41, 5.74) is 1.80. The highest BCUT2D eigenvalue weighted by atomic mass is 19.1. The summed E-state index contributed by atoms with van der Waals surface area (Å²) in [6, 6.07) is 13.5. The second-order valence-electron chi connectivity index (χ2n) is 4.61. The lowest BCUT2D eigenvalue weighted by atomic mass is 10.1. The van der Waals surface area contributed by atoms with Crippen LogP contribution in [0, 0.1) is 5.82 Å². The number of hydrogen-bond donors (Lipinski definition) is 1. The van der Waals surface area contributed by atoms with Gasteiger partial charge in [-0.3, -0.25) is 0 Å². The molecule has 2 aromatic carbocycles. The SMILES string of the molecule is COc1ccccc1-c1c(CO)nnn1-c1ccccc1F. The average Bonchev–Trinajstić information content (AvgIpc) is 2.98. The van der Waals surface area contributed by atoms with Crippen molar-refractivity contribution in [3.63, 3.8) is 0 Å². The van der Waals surface area contributed by atoms with Gasteiger partial charge >= 0.3 is 0 Å². The van der Waals surface area contributed by atoms with Gasteiger partial charge in [-0.2, -0.15) is 0 Å². The molecular formula is C16H14FN3O2. The van der Waals surface area contributed by atoms with E-state index in [0.29, 0.717) is 22.7 Å². The fourth-order valence-corrected chi connectivity index (χ4v) is 2.32. The lowest BCUT2D eigenvalue weighted by Crippen LogP contribution is -2.03. The molecule has 0 saturated heterocycles. The van der Waals surface area contributed by atoms with Gasteiger partial charge in [0.05, 0.1) is 13.7 Å². The molecule has 0 amide bonds. The predicted molar refractivity (Wildman–Crippen MR) is 79.2 cm³/mol. The molecule has 0 unspecified atom stereocenters. The van der Waals surface area contributed by atoms with Crippen molar-refractivity contribution in [2.75, 3.05) is 7.11 Å². The minimum absolute atomic E-state index is 0.260. The monoisotopic (exact) mass is 299 g/mol. The first kappa shape index (κ1) is 14.2. The Kier molecular flexibility index (Phi) is 3.84. The van der Waals surface area contributed by atoms with E-state index in [1.807, 2.05) is 18.2 Å². The van der Waals surface area contributed by atoms with Gasteiger partial charge in [0.1, 0.15) is 28.6 Å². The van der Waals surface area contributed by atoms with E-state index in [9.17, 15) is 9.50 Å². The molecule has 6 heteroatoms. The van der Waals surface area contributed by atoms with Crippen LogP contribution in [-0.4, -0.2) is 27.2 Å². The summed E-state index contributed by atoms with van der Waals surface area (Å²) in [5, 5.41) is 17.4. The molecule has 1 aromatic heterocycles. The van der Waals surface area contributed by atoms with E-state index < -0.39 is 5.82 Å². The van der Waals surface area contributed by atoms with E-state index in [1.165, 1.54) is 10.7 Å².